The molecule has 0 spiro atoms. The van der Waals surface area contributed by atoms with Crippen LogP contribution in [0.15, 0.2) is 60.8 Å². The number of carbonyl (C=O) groups excluding carboxylic acids is 2. The first kappa shape index (κ1) is 54.2. The number of hydrogen-bond donors (Lipinski definition) is 3. The van der Waals surface area contributed by atoms with Crippen LogP contribution >= 0.6 is 7.82 Å². The quantitative estimate of drug-likeness (QED) is 0.0174. The third kappa shape index (κ3) is 34.5. The molecular weight excluding hydrogens is 773 g/mol. The second kappa shape index (κ2) is 36.9. The minimum absolute atomic E-state index is 0.135. The van der Waals surface area contributed by atoms with E-state index < -0.39 is 51.1 Å². The van der Waals surface area contributed by atoms with Gasteiger partial charge in [-0.3, -0.25) is 23.4 Å². The van der Waals surface area contributed by atoms with E-state index in [9.17, 15) is 23.8 Å². The fourth-order valence-corrected chi connectivity index (χ4v) is 6.73. The van der Waals surface area contributed by atoms with E-state index in [2.05, 4.69) is 67.0 Å². The number of nitrogens with two attached hydrogens (primary N) is 1. The molecule has 0 radical (unpaired) electrons. The van der Waals surface area contributed by atoms with Crippen LogP contribution in [0.3, 0.4) is 0 Å². The average molecular weight is 852 g/mol. The van der Waals surface area contributed by atoms with Crippen LogP contribution in [-0.2, 0) is 42.2 Å². The molecule has 5 atom stereocenters. The van der Waals surface area contributed by atoms with Gasteiger partial charge >= 0.3 is 25.7 Å². The number of carbonyl (C=O) groups is 3. The van der Waals surface area contributed by atoms with Crippen LogP contribution in [0, 0.1) is 0 Å². The topological polar surface area (TPSA) is 184 Å². The Labute approximate surface area is 355 Å². The molecule has 0 aromatic heterocycles. The van der Waals surface area contributed by atoms with E-state index in [1.807, 2.05) is 12.2 Å². The Morgan fingerprint density at radius 1 is 0.610 bits per heavy atom. The van der Waals surface area contributed by atoms with Crippen LogP contribution in [0.25, 0.3) is 0 Å². The van der Waals surface area contributed by atoms with Gasteiger partial charge in [0.25, 0.3) is 0 Å². The predicted molar refractivity (Wildman–Crippen MR) is 235 cm³/mol. The number of carboxylic acid groups (broad SMARTS) is 1. The molecular formula is C46H78NO11P. The van der Waals surface area contributed by atoms with Crippen LogP contribution < -0.4 is 5.73 Å². The zero-order chi connectivity index (χ0) is 43.2. The second-order valence-corrected chi connectivity index (χ2v) is 16.7. The number of epoxide rings is 1. The Hall–Kier alpha value is -2.86. The molecule has 0 saturated carbocycles. The van der Waals surface area contributed by atoms with Crippen LogP contribution in [-0.4, -0.2) is 72.1 Å². The number of esters is 2. The Morgan fingerprint density at radius 2 is 1.07 bits per heavy atom. The second-order valence-electron chi connectivity index (χ2n) is 15.2. The SMILES string of the molecule is CCCCC/C=C\C/C=C\CCCCCCCCCC(=O)O[C@H](COC(=O)CCC/C=C\C/C=C\CC1OC1C/C=C\CCCCC)COP(=O)(O)OC[C@H](N)C(=O)O. The summed E-state index contributed by atoms with van der Waals surface area (Å²) in [5, 5.41) is 8.90. The molecule has 1 aliphatic rings. The maximum Gasteiger partial charge on any atom is 0.472 e. The summed E-state index contributed by atoms with van der Waals surface area (Å²) in [7, 11) is -4.74. The van der Waals surface area contributed by atoms with Crippen molar-refractivity contribution in [2.45, 2.75) is 192 Å². The van der Waals surface area contributed by atoms with Crippen molar-refractivity contribution in [2.75, 3.05) is 19.8 Å². The fraction of sp³-hybridized carbons (Fsp3) is 0.717. The molecule has 0 aliphatic carbocycles. The van der Waals surface area contributed by atoms with Crippen LogP contribution in [0.2, 0.25) is 0 Å². The summed E-state index contributed by atoms with van der Waals surface area (Å²) in [4.78, 5) is 46.0. The van der Waals surface area contributed by atoms with Gasteiger partial charge in [-0.25, -0.2) is 4.57 Å². The maximum absolute atomic E-state index is 12.6. The number of unbranched alkanes of at least 4 members (excludes halogenated alkanes) is 14. The monoisotopic (exact) mass is 852 g/mol. The standard InChI is InChI=1S/C46H78NO11P/c1-3-5-7-9-11-12-13-14-15-16-17-18-19-20-23-28-32-36-45(49)57-40(38-55-59(52,53)56-39-41(47)46(50)51)37-54-44(48)35-31-27-24-21-22-26-30-34-43-42(58-43)33-29-25-10-8-6-4-2/h11-12,14-15,21,24-26,29-30,40-43H,3-10,13,16-20,22-23,27-28,31-39,47H2,1-2H3,(H,50,51)(H,52,53)/b12-11-,15-14-,24-21-,29-25-,30-26-/t40-,41+,42?,43?/m1/s1. The number of rotatable bonds is 40. The first-order valence-electron chi connectivity index (χ1n) is 22.4. The number of hydrogen-bond acceptors (Lipinski definition) is 10. The van der Waals surface area contributed by atoms with E-state index in [1.165, 1.54) is 57.8 Å². The van der Waals surface area contributed by atoms with Crippen LogP contribution in [0.4, 0.5) is 0 Å². The first-order valence-corrected chi connectivity index (χ1v) is 23.9. The lowest BCUT2D eigenvalue weighted by Crippen LogP contribution is -2.34. The zero-order valence-corrected chi connectivity index (χ0v) is 37.2. The molecule has 13 heteroatoms. The highest BCUT2D eigenvalue weighted by Crippen LogP contribution is 2.43. The number of carboxylic acids is 1. The van der Waals surface area contributed by atoms with Crippen molar-refractivity contribution in [2.24, 2.45) is 5.73 Å². The lowest BCUT2D eigenvalue weighted by molar-refractivity contribution is -0.161. The average Bonchev–Trinajstić information content (AvgIpc) is 3.97. The smallest absolute Gasteiger partial charge is 0.472 e. The van der Waals surface area contributed by atoms with Gasteiger partial charge < -0.3 is 29.9 Å². The van der Waals surface area contributed by atoms with E-state index in [-0.39, 0.29) is 19.4 Å². The maximum atomic E-state index is 12.6. The molecule has 0 amide bonds. The van der Waals surface area contributed by atoms with Gasteiger partial charge in [0, 0.05) is 12.8 Å². The van der Waals surface area contributed by atoms with Gasteiger partial charge in [-0.15, -0.1) is 0 Å². The first-order chi connectivity index (χ1) is 28.6. The third-order valence-corrected chi connectivity index (χ3v) is 10.6. The Balaban J connectivity index is 2.32. The molecule has 4 N–H and O–H groups in total. The van der Waals surface area contributed by atoms with E-state index >= 15 is 0 Å². The Kier molecular flexibility index (Phi) is 33.9. The summed E-state index contributed by atoms with van der Waals surface area (Å²) in [5.41, 5.74) is 5.33. The van der Waals surface area contributed by atoms with Gasteiger partial charge in [-0.05, 0) is 83.5 Å². The van der Waals surface area contributed by atoms with Crippen LogP contribution in [0.1, 0.15) is 168 Å². The molecule has 1 heterocycles. The molecule has 3 unspecified atom stereocenters. The molecule has 12 nitrogen and oxygen atoms in total. The van der Waals surface area contributed by atoms with Crippen molar-refractivity contribution in [3.05, 3.63) is 60.8 Å². The number of ether oxygens (including phenoxy) is 3. The Morgan fingerprint density at radius 3 is 1.64 bits per heavy atom. The Bertz CT molecular complexity index is 1300. The summed E-state index contributed by atoms with van der Waals surface area (Å²) in [6.45, 7) is 2.67. The number of aliphatic carboxylic acids is 1. The number of phosphoric ester groups is 1. The largest absolute Gasteiger partial charge is 0.480 e. The van der Waals surface area contributed by atoms with E-state index in [0.717, 1.165) is 64.2 Å². The highest BCUT2D eigenvalue weighted by molar-refractivity contribution is 7.47. The lowest BCUT2D eigenvalue weighted by Gasteiger charge is -2.20. The molecule has 1 fully saturated rings. The summed E-state index contributed by atoms with van der Waals surface area (Å²) >= 11 is 0. The minimum atomic E-state index is -4.74. The van der Waals surface area contributed by atoms with Crippen LogP contribution in [0.5, 0.6) is 0 Å². The molecule has 0 bridgehead atoms. The van der Waals surface area contributed by atoms with Crippen molar-refractivity contribution in [1.29, 1.82) is 0 Å². The number of allylic oxidation sites excluding steroid dienone is 8. The van der Waals surface area contributed by atoms with Crippen molar-refractivity contribution < 1.29 is 52.2 Å². The normalized spacial score (nSPS) is 17.7. The molecule has 1 aliphatic heterocycles. The predicted octanol–water partition coefficient (Wildman–Crippen LogP) is 10.9. The lowest BCUT2D eigenvalue weighted by atomic mass is 10.1. The highest BCUT2D eigenvalue weighted by atomic mass is 31.2. The van der Waals surface area contributed by atoms with E-state index in [4.69, 9.17) is 29.6 Å². The fourth-order valence-electron chi connectivity index (χ4n) is 5.95. The summed E-state index contributed by atoms with van der Waals surface area (Å²) in [6.07, 6.45) is 44.6. The number of phosphoric acid groups is 1. The van der Waals surface area contributed by atoms with E-state index in [0.29, 0.717) is 31.5 Å². The van der Waals surface area contributed by atoms with Crippen molar-refractivity contribution in [1.82, 2.24) is 0 Å². The van der Waals surface area contributed by atoms with Crippen molar-refractivity contribution in [3.63, 3.8) is 0 Å². The summed E-state index contributed by atoms with van der Waals surface area (Å²) in [5.74, 6) is -2.47. The van der Waals surface area contributed by atoms with E-state index in [1.54, 1.807) is 0 Å². The van der Waals surface area contributed by atoms with Gasteiger partial charge in [0.2, 0.25) is 0 Å². The summed E-state index contributed by atoms with van der Waals surface area (Å²) < 4.78 is 38.4. The molecule has 338 valence electrons. The molecule has 59 heavy (non-hydrogen) atoms. The molecule has 0 aromatic carbocycles. The molecule has 1 saturated heterocycles. The van der Waals surface area contributed by atoms with Gasteiger partial charge in [0.1, 0.15) is 12.6 Å². The van der Waals surface area contributed by atoms with Gasteiger partial charge in [0.15, 0.2) is 6.10 Å². The molecule has 0 aromatic rings. The highest BCUT2D eigenvalue weighted by Gasteiger charge is 2.36. The summed E-state index contributed by atoms with van der Waals surface area (Å²) in [6, 6.07) is -1.53. The minimum Gasteiger partial charge on any atom is -0.480 e. The molecule has 1 rings (SSSR count). The van der Waals surface area contributed by atoms with Crippen molar-refractivity contribution in [3.8, 4) is 0 Å². The van der Waals surface area contributed by atoms with Crippen molar-refractivity contribution >= 4 is 25.7 Å². The zero-order valence-electron chi connectivity index (χ0n) is 36.3. The third-order valence-electron chi connectivity index (χ3n) is 9.64. The van der Waals surface area contributed by atoms with Gasteiger partial charge in [0.05, 0.1) is 25.4 Å². The van der Waals surface area contributed by atoms with Gasteiger partial charge in [-0.2, -0.15) is 0 Å². The van der Waals surface area contributed by atoms with Gasteiger partial charge in [-0.1, -0.05) is 132 Å².